The number of carbonyl (C=O) groups is 2. The molecule has 2 saturated carbocycles. The number of rotatable bonds is 7. The maximum Gasteiger partial charge on any atom is 0.270 e. The van der Waals surface area contributed by atoms with E-state index in [0.29, 0.717) is 5.56 Å². The van der Waals surface area contributed by atoms with Gasteiger partial charge in [0.15, 0.2) is 5.56 Å². The highest BCUT2D eigenvalue weighted by Crippen LogP contribution is 2.36. The largest absolute Gasteiger partial charge is 0.492 e. The second-order valence-electron chi connectivity index (χ2n) is 9.51. The van der Waals surface area contributed by atoms with Crippen molar-refractivity contribution < 1.29 is 23.5 Å². The Kier molecular flexibility index (Phi) is 6.15. The van der Waals surface area contributed by atoms with Gasteiger partial charge in [-0.2, -0.15) is 9.61 Å². The van der Waals surface area contributed by atoms with Crippen molar-refractivity contribution in [2.45, 2.75) is 77.4 Å². The molecule has 3 N–H and O–H groups in total. The first-order chi connectivity index (χ1) is 15.6. The molecule has 2 heterocycles. The van der Waals surface area contributed by atoms with E-state index in [0.717, 1.165) is 17.4 Å². The molecule has 0 aliphatic heterocycles. The highest BCUT2D eigenvalue weighted by atomic mass is 19.3. The second-order valence-corrected chi connectivity index (χ2v) is 9.51. The van der Waals surface area contributed by atoms with Gasteiger partial charge >= 0.3 is 0 Å². The van der Waals surface area contributed by atoms with Gasteiger partial charge in [0, 0.05) is 43.5 Å². The number of halogens is 2. The van der Waals surface area contributed by atoms with Gasteiger partial charge in [-0.3, -0.25) is 19.0 Å². The van der Waals surface area contributed by atoms with E-state index in [4.69, 9.17) is 0 Å². The number of carbonyl (C=O) groups excluding carboxylic acids is 2. The zero-order valence-corrected chi connectivity index (χ0v) is 18.7. The molecule has 0 bridgehead atoms. The van der Waals surface area contributed by atoms with E-state index in [-0.39, 0.29) is 67.9 Å². The minimum absolute atomic E-state index is 0.00803. The van der Waals surface area contributed by atoms with Gasteiger partial charge in [-0.25, -0.2) is 8.78 Å². The molecule has 180 valence electrons. The zero-order valence-electron chi connectivity index (χ0n) is 18.7. The quantitative estimate of drug-likeness (QED) is 0.580. The predicted molar refractivity (Wildman–Crippen MR) is 115 cm³/mol. The third kappa shape index (κ3) is 4.86. The molecule has 11 heteroatoms. The van der Waals surface area contributed by atoms with Crippen molar-refractivity contribution in [1.82, 2.24) is 24.8 Å². The van der Waals surface area contributed by atoms with Crippen LogP contribution in [0.1, 0.15) is 68.3 Å². The van der Waals surface area contributed by atoms with E-state index >= 15 is 0 Å². The Labute approximate surface area is 189 Å². The lowest BCUT2D eigenvalue weighted by Gasteiger charge is -2.27. The van der Waals surface area contributed by atoms with Crippen LogP contribution in [0.3, 0.4) is 0 Å². The molecule has 0 unspecified atom stereocenters. The van der Waals surface area contributed by atoms with E-state index in [1.54, 1.807) is 0 Å². The van der Waals surface area contributed by atoms with Crippen LogP contribution in [0, 0.1) is 11.8 Å². The van der Waals surface area contributed by atoms with Crippen molar-refractivity contribution in [2.75, 3.05) is 0 Å². The highest BCUT2D eigenvalue weighted by Gasteiger charge is 2.37. The number of hydrogen-bond acceptors (Lipinski definition) is 5. The normalized spacial score (nSPS) is 18.6. The van der Waals surface area contributed by atoms with Crippen LogP contribution < -0.4 is 16.2 Å². The molecule has 2 fully saturated rings. The molecule has 0 saturated heterocycles. The highest BCUT2D eigenvalue weighted by molar-refractivity contribution is 5.96. The van der Waals surface area contributed by atoms with Crippen LogP contribution >= 0.6 is 0 Å². The van der Waals surface area contributed by atoms with Crippen LogP contribution in [-0.4, -0.2) is 43.1 Å². The topological polar surface area (TPSA) is 118 Å². The van der Waals surface area contributed by atoms with Crippen molar-refractivity contribution in [3.05, 3.63) is 27.7 Å². The molecule has 2 aliphatic carbocycles. The number of aromatic nitrogens is 3. The standard InChI is InChI=1S/C22H29F2N5O4/c1-12(2)11-28-19-14(9-25-17(30)13-5-7-22(23,24)8-6-13)10-26-29(19)21(33)16(20(28)32)18(31)27-15-3-4-15/h10,12-13,15,33H,3-9,11H2,1-2H3,(H,25,30)(H,27,31). The number of nitrogens with one attached hydrogen (secondary N) is 2. The zero-order chi connectivity index (χ0) is 23.9. The minimum Gasteiger partial charge on any atom is -0.492 e. The van der Waals surface area contributed by atoms with E-state index in [2.05, 4.69) is 15.7 Å². The Morgan fingerprint density at radius 3 is 2.52 bits per heavy atom. The summed E-state index contributed by atoms with van der Waals surface area (Å²) < 4.78 is 29.3. The summed E-state index contributed by atoms with van der Waals surface area (Å²) >= 11 is 0. The van der Waals surface area contributed by atoms with Gasteiger partial charge in [0.2, 0.25) is 17.7 Å². The molecular weight excluding hydrogens is 436 g/mol. The van der Waals surface area contributed by atoms with Crippen molar-refractivity contribution in [3.63, 3.8) is 0 Å². The predicted octanol–water partition coefficient (Wildman–Crippen LogP) is 2.19. The van der Waals surface area contributed by atoms with Gasteiger partial charge in [-0.1, -0.05) is 13.8 Å². The summed E-state index contributed by atoms with van der Waals surface area (Å²) in [4.78, 5) is 38.4. The monoisotopic (exact) mass is 465 g/mol. The lowest BCUT2D eigenvalue weighted by atomic mass is 9.86. The van der Waals surface area contributed by atoms with Crippen LogP contribution in [0.2, 0.25) is 0 Å². The third-order valence-corrected chi connectivity index (χ3v) is 6.18. The summed E-state index contributed by atoms with van der Waals surface area (Å²) in [6.07, 6.45) is 2.70. The molecule has 4 rings (SSSR count). The van der Waals surface area contributed by atoms with Crippen LogP contribution in [0.15, 0.2) is 11.0 Å². The van der Waals surface area contributed by atoms with Crippen molar-refractivity contribution in [2.24, 2.45) is 11.8 Å². The number of nitrogens with zero attached hydrogens (tertiary/aromatic N) is 3. The van der Waals surface area contributed by atoms with Gasteiger partial charge < -0.3 is 15.7 Å². The van der Waals surface area contributed by atoms with E-state index in [1.807, 2.05) is 13.8 Å². The summed E-state index contributed by atoms with van der Waals surface area (Å²) in [5.74, 6) is -4.67. The second kappa shape index (κ2) is 8.75. The summed E-state index contributed by atoms with van der Waals surface area (Å²) in [7, 11) is 0. The van der Waals surface area contributed by atoms with Gasteiger partial charge in [0.25, 0.3) is 11.5 Å². The Morgan fingerprint density at radius 1 is 1.24 bits per heavy atom. The minimum atomic E-state index is -2.72. The number of fused-ring (bicyclic) bond motifs is 1. The number of alkyl halides is 2. The molecule has 2 aromatic rings. The van der Waals surface area contributed by atoms with Crippen molar-refractivity contribution in [3.8, 4) is 5.88 Å². The van der Waals surface area contributed by atoms with Crippen LogP contribution in [0.25, 0.3) is 5.65 Å². The smallest absolute Gasteiger partial charge is 0.270 e. The first kappa shape index (κ1) is 23.2. The molecule has 33 heavy (non-hydrogen) atoms. The first-order valence-electron chi connectivity index (χ1n) is 11.4. The van der Waals surface area contributed by atoms with Gasteiger partial charge in [-0.15, -0.1) is 0 Å². The Bertz CT molecular complexity index is 1130. The Hall–Kier alpha value is -2.98. The van der Waals surface area contributed by atoms with Crippen LogP contribution in [-0.2, 0) is 17.9 Å². The SMILES string of the molecule is CC(C)Cn1c(=O)c(C(=O)NC2CC2)c(O)n2ncc(CNC(=O)C3CCC(F)(F)CC3)c12. The molecule has 9 nitrogen and oxygen atoms in total. The summed E-state index contributed by atoms with van der Waals surface area (Å²) in [5.41, 5.74) is -0.234. The molecule has 0 spiro atoms. The fourth-order valence-corrected chi connectivity index (χ4v) is 4.22. The average Bonchev–Trinajstić information content (AvgIpc) is 3.44. The molecule has 0 atom stereocenters. The van der Waals surface area contributed by atoms with E-state index in [9.17, 15) is 28.3 Å². The number of hydrogen-bond donors (Lipinski definition) is 3. The summed E-state index contributed by atoms with van der Waals surface area (Å²) in [6, 6.07) is 0.00803. The van der Waals surface area contributed by atoms with E-state index < -0.39 is 29.2 Å². The maximum absolute atomic E-state index is 13.4. The molecule has 2 aliphatic rings. The third-order valence-electron chi connectivity index (χ3n) is 6.18. The molecular formula is C22H29F2N5O4. The number of aromatic hydroxyl groups is 1. The summed E-state index contributed by atoms with van der Waals surface area (Å²) in [6.45, 7) is 4.11. The molecule has 0 radical (unpaired) electrons. The van der Waals surface area contributed by atoms with Crippen LogP contribution in [0.5, 0.6) is 5.88 Å². The maximum atomic E-state index is 13.4. The number of amides is 2. The van der Waals surface area contributed by atoms with Crippen LogP contribution in [0.4, 0.5) is 8.78 Å². The average molecular weight is 466 g/mol. The van der Waals surface area contributed by atoms with Gasteiger partial charge in [0.05, 0.1) is 6.20 Å². The lowest BCUT2D eigenvalue weighted by molar-refractivity contribution is -0.129. The van der Waals surface area contributed by atoms with Gasteiger partial charge in [-0.05, 0) is 31.6 Å². The Morgan fingerprint density at radius 2 is 1.91 bits per heavy atom. The summed E-state index contributed by atoms with van der Waals surface area (Å²) in [5, 5.41) is 20.3. The fourth-order valence-electron chi connectivity index (χ4n) is 4.22. The van der Waals surface area contributed by atoms with Crippen molar-refractivity contribution in [1.29, 1.82) is 0 Å². The molecule has 0 aromatic carbocycles. The fraction of sp³-hybridized carbons (Fsp3) is 0.636. The lowest BCUT2D eigenvalue weighted by Crippen LogP contribution is -2.37. The Balaban J connectivity index is 1.62. The molecule has 2 amide bonds. The van der Waals surface area contributed by atoms with Gasteiger partial charge in [0.1, 0.15) is 5.65 Å². The van der Waals surface area contributed by atoms with E-state index in [1.165, 1.54) is 10.8 Å². The molecule has 2 aromatic heterocycles. The van der Waals surface area contributed by atoms with Crippen molar-refractivity contribution >= 4 is 17.5 Å². The first-order valence-corrected chi connectivity index (χ1v) is 11.4.